The van der Waals surface area contributed by atoms with E-state index in [1.165, 1.54) is 5.56 Å². The molecule has 0 fully saturated rings. The first-order chi connectivity index (χ1) is 11.1. The molecule has 0 saturated carbocycles. The Balaban J connectivity index is 1.84. The third-order valence-corrected chi connectivity index (χ3v) is 3.62. The Labute approximate surface area is 136 Å². The van der Waals surface area contributed by atoms with Crippen LogP contribution in [0.1, 0.15) is 30.9 Å². The van der Waals surface area contributed by atoms with Gasteiger partial charge in [0.25, 0.3) is 5.91 Å². The molecule has 2 aromatic rings. The first kappa shape index (κ1) is 16.6. The van der Waals surface area contributed by atoms with E-state index in [0.29, 0.717) is 17.9 Å². The topological polar surface area (TPSA) is 62.1 Å². The molecule has 0 saturated heterocycles. The summed E-state index contributed by atoms with van der Waals surface area (Å²) in [5.41, 5.74) is 1.75. The number of benzene rings is 2. The maximum absolute atomic E-state index is 12.1. The molecule has 1 N–H and O–H groups in total. The highest BCUT2D eigenvalue weighted by Gasteiger charge is 2.15. The van der Waals surface area contributed by atoms with E-state index in [-0.39, 0.29) is 11.8 Å². The molecule has 1 amide bonds. The van der Waals surface area contributed by atoms with E-state index in [4.69, 9.17) is 10.00 Å². The van der Waals surface area contributed by atoms with E-state index in [9.17, 15) is 4.79 Å². The van der Waals surface area contributed by atoms with Crippen LogP contribution in [0, 0.1) is 11.3 Å². The average Bonchev–Trinajstić information content (AvgIpc) is 2.60. The number of carbonyl (C=O) groups is 1. The molecule has 0 aliphatic carbocycles. The lowest BCUT2D eigenvalue weighted by Gasteiger charge is -2.17. The van der Waals surface area contributed by atoms with Gasteiger partial charge in [-0.25, -0.2) is 0 Å². The van der Waals surface area contributed by atoms with E-state index in [0.717, 1.165) is 0 Å². The molecule has 0 bridgehead atoms. The lowest BCUT2D eigenvalue weighted by molar-refractivity contribution is -0.127. The molecule has 0 aromatic heterocycles. The predicted octanol–water partition coefficient (Wildman–Crippen LogP) is 3.25. The minimum Gasteiger partial charge on any atom is -0.481 e. The second-order valence-electron chi connectivity index (χ2n) is 5.45. The summed E-state index contributed by atoms with van der Waals surface area (Å²) in [6.45, 7) is 4.34. The third kappa shape index (κ3) is 4.86. The summed E-state index contributed by atoms with van der Waals surface area (Å²) < 4.78 is 5.59. The van der Waals surface area contributed by atoms with Gasteiger partial charge in [-0.1, -0.05) is 37.3 Å². The van der Waals surface area contributed by atoms with Crippen molar-refractivity contribution in [3.05, 3.63) is 65.7 Å². The molecule has 23 heavy (non-hydrogen) atoms. The Hall–Kier alpha value is -2.80. The van der Waals surface area contributed by atoms with Gasteiger partial charge in [-0.15, -0.1) is 0 Å². The lowest BCUT2D eigenvalue weighted by Crippen LogP contribution is -2.38. The number of amides is 1. The molecule has 0 radical (unpaired) electrons. The highest BCUT2D eigenvalue weighted by molar-refractivity contribution is 5.80. The van der Waals surface area contributed by atoms with Crippen molar-refractivity contribution in [1.82, 2.24) is 5.32 Å². The van der Waals surface area contributed by atoms with E-state index >= 15 is 0 Å². The Kier molecular flexibility index (Phi) is 5.76. The minimum absolute atomic E-state index is 0.155. The Morgan fingerprint density at radius 2 is 1.78 bits per heavy atom. The van der Waals surface area contributed by atoms with Crippen molar-refractivity contribution in [3.63, 3.8) is 0 Å². The molecular weight excluding hydrogens is 288 g/mol. The summed E-state index contributed by atoms with van der Waals surface area (Å²) in [5.74, 6) is 0.655. The molecule has 0 unspecified atom stereocenters. The van der Waals surface area contributed by atoms with Crippen molar-refractivity contribution in [3.8, 4) is 11.8 Å². The summed E-state index contributed by atoms with van der Waals surface area (Å²) in [5, 5.41) is 11.7. The van der Waals surface area contributed by atoms with Crippen LogP contribution in [0.4, 0.5) is 0 Å². The zero-order valence-corrected chi connectivity index (χ0v) is 13.3. The van der Waals surface area contributed by atoms with Gasteiger partial charge < -0.3 is 10.1 Å². The smallest absolute Gasteiger partial charge is 0.260 e. The van der Waals surface area contributed by atoms with Gasteiger partial charge in [0, 0.05) is 6.54 Å². The monoisotopic (exact) mass is 308 g/mol. The average molecular weight is 308 g/mol. The van der Waals surface area contributed by atoms with Crippen molar-refractivity contribution in [2.24, 2.45) is 0 Å². The van der Waals surface area contributed by atoms with Crippen LogP contribution in [-0.4, -0.2) is 18.6 Å². The van der Waals surface area contributed by atoms with E-state index in [1.54, 1.807) is 31.2 Å². The van der Waals surface area contributed by atoms with Crippen LogP contribution in [0.2, 0.25) is 0 Å². The van der Waals surface area contributed by atoms with Crippen LogP contribution in [-0.2, 0) is 4.79 Å². The Bertz CT molecular complexity index is 675. The van der Waals surface area contributed by atoms with Crippen molar-refractivity contribution >= 4 is 5.91 Å². The van der Waals surface area contributed by atoms with Gasteiger partial charge in [0.05, 0.1) is 11.6 Å². The van der Waals surface area contributed by atoms with E-state index in [1.807, 2.05) is 36.4 Å². The summed E-state index contributed by atoms with van der Waals surface area (Å²) in [6, 6.07) is 18.8. The summed E-state index contributed by atoms with van der Waals surface area (Å²) >= 11 is 0. The molecule has 0 aliphatic rings. The Morgan fingerprint density at radius 3 is 2.39 bits per heavy atom. The molecule has 118 valence electrons. The van der Waals surface area contributed by atoms with Gasteiger partial charge in [0.2, 0.25) is 0 Å². The number of nitriles is 1. The maximum Gasteiger partial charge on any atom is 0.260 e. The molecule has 0 spiro atoms. The van der Waals surface area contributed by atoms with Gasteiger partial charge in [-0.3, -0.25) is 4.79 Å². The van der Waals surface area contributed by atoms with Gasteiger partial charge >= 0.3 is 0 Å². The van der Waals surface area contributed by atoms with Crippen LogP contribution in [0.3, 0.4) is 0 Å². The predicted molar refractivity (Wildman–Crippen MR) is 89.1 cm³/mol. The molecular formula is C19H20N2O2. The number of nitrogens with one attached hydrogen (secondary N) is 1. The molecule has 0 heterocycles. The fourth-order valence-electron chi connectivity index (χ4n) is 2.16. The summed E-state index contributed by atoms with van der Waals surface area (Å²) in [6.07, 6.45) is -0.592. The van der Waals surface area contributed by atoms with Crippen molar-refractivity contribution in [2.75, 3.05) is 6.54 Å². The minimum atomic E-state index is -0.592. The van der Waals surface area contributed by atoms with Gasteiger partial charge in [-0.2, -0.15) is 5.26 Å². The van der Waals surface area contributed by atoms with Crippen LogP contribution in [0.15, 0.2) is 54.6 Å². The standard InChI is InChI=1S/C19H20N2O2/c1-14(17-6-4-3-5-7-17)13-21-19(22)15(2)23-18-10-8-16(12-20)9-11-18/h3-11,14-15H,13H2,1-2H3,(H,21,22)/t14-,15+/m1/s1. The Morgan fingerprint density at radius 1 is 1.13 bits per heavy atom. The first-order valence-electron chi connectivity index (χ1n) is 7.59. The number of ether oxygens (including phenoxy) is 1. The number of hydrogen-bond acceptors (Lipinski definition) is 3. The number of nitrogens with zero attached hydrogens (tertiary/aromatic N) is 1. The first-order valence-corrected chi connectivity index (χ1v) is 7.59. The largest absolute Gasteiger partial charge is 0.481 e. The zero-order valence-electron chi connectivity index (χ0n) is 13.3. The van der Waals surface area contributed by atoms with Crippen molar-refractivity contribution in [2.45, 2.75) is 25.9 Å². The molecule has 2 aromatic carbocycles. The molecule has 4 heteroatoms. The maximum atomic E-state index is 12.1. The molecule has 2 atom stereocenters. The zero-order chi connectivity index (χ0) is 16.7. The van der Waals surface area contributed by atoms with Gasteiger partial charge in [0.1, 0.15) is 5.75 Å². The molecule has 2 rings (SSSR count). The van der Waals surface area contributed by atoms with Crippen LogP contribution < -0.4 is 10.1 Å². The highest BCUT2D eigenvalue weighted by atomic mass is 16.5. The SMILES string of the molecule is C[C@H](Oc1ccc(C#N)cc1)C(=O)NC[C@@H](C)c1ccccc1. The normalized spacial score (nSPS) is 12.7. The van der Waals surface area contributed by atoms with Crippen LogP contribution >= 0.6 is 0 Å². The molecule has 0 aliphatic heterocycles. The third-order valence-electron chi connectivity index (χ3n) is 3.62. The van der Waals surface area contributed by atoms with Gasteiger partial charge in [0.15, 0.2) is 6.10 Å². The number of hydrogen-bond donors (Lipinski definition) is 1. The van der Waals surface area contributed by atoms with Crippen molar-refractivity contribution in [1.29, 1.82) is 5.26 Å². The number of carbonyl (C=O) groups excluding carboxylic acids is 1. The number of rotatable bonds is 6. The molecule has 4 nitrogen and oxygen atoms in total. The lowest BCUT2D eigenvalue weighted by atomic mass is 10.0. The van der Waals surface area contributed by atoms with E-state index in [2.05, 4.69) is 12.2 Å². The summed E-state index contributed by atoms with van der Waals surface area (Å²) in [7, 11) is 0. The van der Waals surface area contributed by atoms with Crippen LogP contribution in [0.25, 0.3) is 0 Å². The fraction of sp³-hybridized carbons (Fsp3) is 0.263. The quantitative estimate of drug-likeness (QED) is 0.891. The fourth-order valence-corrected chi connectivity index (χ4v) is 2.16. The van der Waals surface area contributed by atoms with Crippen LogP contribution in [0.5, 0.6) is 5.75 Å². The van der Waals surface area contributed by atoms with Crippen molar-refractivity contribution < 1.29 is 9.53 Å². The second kappa shape index (κ2) is 8.00. The van der Waals surface area contributed by atoms with E-state index < -0.39 is 6.10 Å². The summed E-state index contributed by atoms with van der Waals surface area (Å²) in [4.78, 5) is 12.1. The highest BCUT2D eigenvalue weighted by Crippen LogP contribution is 2.15. The van der Waals surface area contributed by atoms with Gasteiger partial charge in [-0.05, 0) is 42.7 Å². The second-order valence-corrected chi connectivity index (χ2v) is 5.45.